The molecule has 25 heavy (non-hydrogen) atoms. The number of methoxy groups -OCH3 is 2. The fraction of sp³-hybridized carbons (Fsp3) is 0.667. The molecule has 1 saturated heterocycles. The van der Waals surface area contributed by atoms with E-state index in [9.17, 15) is 4.79 Å². The van der Waals surface area contributed by atoms with Crippen LogP contribution >= 0.6 is 0 Å². The quantitative estimate of drug-likeness (QED) is 0.827. The van der Waals surface area contributed by atoms with E-state index in [4.69, 9.17) is 9.47 Å². The monoisotopic (exact) mass is 341 g/mol. The second kappa shape index (κ2) is 5.73. The molecule has 2 heterocycles. The second-order valence-corrected chi connectivity index (χ2v) is 8.21. The highest BCUT2D eigenvalue weighted by Crippen LogP contribution is 2.58. The van der Waals surface area contributed by atoms with Crippen molar-refractivity contribution in [3.63, 3.8) is 0 Å². The molecule has 2 aliphatic heterocycles. The first-order valence-electron chi connectivity index (χ1n) is 9.76. The van der Waals surface area contributed by atoms with Crippen LogP contribution in [0.5, 0.6) is 11.5 Å². The molecule has 4 nitrogen and oxygen atoms in total. The number of rotatable bonds is 2. The molecular formula is C21H27NO3. The number of ether oxygens (including phenoxy) is 2. The number of hydrogen-bond donors (Lipinski definition) is 0. The van der Waals surface area contributed by atoms with Crippen molar-refractivity contribution >= 4 is 5.78 Å². The first-order chi connectivity index (χ1) is 12.2. The van der Waals surface area contributed by atoms with Crippen LogP contribution in [0.1, 0.15) is 49.3 Å². The van der Waals surface area contributed by atoms with Gasteiger partial charge in [-0.05, 0) is 54.4 Å². The third kappa shape index (κ3) is 2.13. The highest BCUT2D eigenvalue weighted by Gasteiger charge is 2.60. The van der Waals surface area contributed by atoms with Crippen molar-refractivity contribution in [3.8, 4) is 11.5 Å². The Morgan fingerprint density at radius 1 is 1.04 bits per heavy atom. The summed E-state index contributed by atoms with van der Waals surface area (Å²) < 4.78 is 11.0. The van der Waals surface area contributed by atoms with E-state index in [2.05, 4.69) is 17.0 Å². The van der Waals surface area contributed by atoms with Gasteiger partial charge in [0.15, 0.2) is 11.5 Å². The summed E-state index contributed by atoms with van der Waals surface area (Å²) in [6.07, 6.45) is 6.98. The number of hydrogen-bond acceptors (Lipinski definition) is 4. The molecule has 2 aliphatic carbocycles. The zero-order chi connectivity index (χ0) is 17.1. The molecule has 0 radical (unpaired) electrons. The summed E-state index contributed by atoms with van der Waals surface area (Å²) in [7, 11) is 3.37. The second-order valence-electron chi connectivity index (χ2n) is 8.21. The molecule has 1 aromatic rings. The van der Waals surface area contributed by atoms with Gasteiger partial charge < -0.3 is 9.47 Å². The summed E-state index contributed by atoms with van der Waals surface area (Å²) in [6.45, 7) is 1.07. The van der Waals surface area contributed by atoms with Gasteiger partial charge in [0, 0.05) is 31.0 Å². The number of carbonyl (C=O) groups excluding carboxylic acids is 1. The molecule has 4 heteroatoms. The zero-order valence-electron chi connectivity index (χ0n) is 15.2. The lowest BCUT2D eigenvalue weighted by molar-refractivity contribution is -0.165. The summed E-state index contributed by atoms with van der Waals surface area (Å²) in [5.74, 6) is 3.85. The fourth-order valence-electron chi connectivity index (χ4n) is 6.27. The van der Waals surface area contributed by atoms with Crippen LogP contribution < -0.4 is 9.47 Å². The molecule has 0 bridgehead atoms. The van der Waals surface area contributed by atoms with Crippen LogP contribution in [0.25, 0.3) is 0 Å². The van der Waals surface area contributed by atoms with Gasteiger partial charge in [-0.2, -0.15) is 0 Å². The van der Waals surface area contributed by atoms with Gasteiger partial charge in [0.1, 0.15) is 5.78 Å². The highest BCUT2D eigenvalue weighted by atomic mass is 16.5. The molecular weight excluding hydrogens is 314 g/mol. The van der Waals surface area contributed by atoms with Gasteiger partial charge in [-0.3, -0.25) is 9.69 Å². The van der Waals surface area contributed by atoms with E-state index < -0.39 is 0 Å². The summed E-state index contributed by atoms with van der Waals surface area (Å²) >= 11 is 0. The van der Waals surface area contributed by atoms with Crippen LogP contribution in [0.2, 0.25) is 0 Å². The SMILES string of the molecule is COc1cc2c(cc1OC)C1CC(=O)C3C4CCCCC4C3N1CC2. The molecule has 0 N–H and O–H groups in total. The standard InChI is InChI=1S/C21H27NO3/c1-24-18-9-12-7-8-22-16(15(12)10-19(18)25-2)11-17(23)20-13-5-3-4-6-14(13)21(20)22/h9-10,13-14,16,20-21H,3-8,11H2,1-2H3. The van der Waals surface area contributed by atoms with Crippen molar-refractivity contribution < 1.29 is 14.3 Å². The van der Waals surface area contributed by atoms with E-state index in [1.807, 2.05) is 0 Å². The van der Waals surface area contributed by atoms with Crippen molar-refractivity contribution in [2.45, 2.75) is 50.6 Å². The van der Waals surface area contributed by atoms with Crippen LogP contribution in [-0.2, 0) is 11.2 Å². The first kappa shape index (κ1) is 15.7. The van der Waals surface area contributed by atoms with Gasteiger partial charge in [-0.25, -0.2) is 0 Å². The summed E-state index contributed by atoms with van der Waals surface area (Å²) in [5.41, 5.74) is 2.61. The van der Waals surface area contributed by atoms with Crippen LogP contribution in [-0.4, -0.2) is 37.5 Å². The Bertz CT molecular complexity index is 715. The van der Waals surface area contributed by atoms with Crippen LogP contribution in [0.4, 0.5) is 0 Å². The zero-order valence-corrected chi connectivity index (χ0v) is 15.2. The lowest BCUT2D eigenvalue weighted by atomic mass is 9.51. The minimum Gasteiger partial charge on any atom is -0.493 e. The topological polar surface area (TPSA) is 38.8 Å². The number of benzene rings is 1. The average Bonchev–Trinajstić information content (AvgIpc) is 2.63. The third-order valence-electron chi connectivity index (χ3n) is 7.34. The van der Waals surface area contributed by atoms with Crippen molar-refractivity contribution in [2.24, 2.45) is 17.8 Å². The van der Waals surface area contributed by atoms with Crippen molar-refractivity contribution in [1.29, 1.82) is 0 Å². The molecule has 4 aliphatic rings. The van der Waals surface area contributed by atoms with E-state index in [0.29, 0.717) is 30.1 Å². The molecule has 0 aromatic heterocycles. The first-order valence-corrected chi connectivity index (χ1v) is 9.76. The molecule has 0 amide bonds. The van der Waals surface area contributed by atoms with E-state index in [-0.39, 0.29) is 6.04 Å². The molecule has 5 unspecified atom stereocenters. The van der Waals surface area contributed by atoms with Crippen LogP contribution in [0.15, 0.2) is 12.1 Å². The number of nitrogens with zero attached hydrogens (tertiary/aromatic N) is 1. The Hall–Kier alpha value is -1.55. The summed E-state index contributed by atoms with van der Waals surface area (Å²) in [6, 6.07) is 4.97. The summed E-state index contributed by atoms with van der Waals surface area (Å²) in [5, 5.41) is 0. The number of Topliss-reactive ketones (excluding diaryl/α,β-unsaturated/α-hetero) is 1. The molecule has 0 spiro atoms. The molecule has 134 valence electrons. The molecule has 2 saturated carbocycles. The lowest BCUT2D eigenvalue weighted by Crippen LogP contribution is -2.67. The van der Waals surface area contributed by atoms with Gasteiger partial charge >= 0.3 is 0 Å². The lowest BCUT2D eigenvalue weighted by Gasteiger charge is -2.63. The van der Waals surface area contributed by atoms with Crippen molar-refractivity contribution in [3.05, 3.63) is 23.3 Å². The Kier molecular flexibility index (Phi) is 3.60. The minimum atomic E-state index is 0.236. The largest absolute Gasteiger partial charge is 0.493 e. The van der Waals surface area contributed by atoms with Crippen LogP contribution in [0, 0.1) is 17.8 Å². The smallest absolute Gasteiger partial charge is 0.161 e. The van der Waals surface area contributed by atoms with E-state index in [0.717, 1.165) is 30.4 Å². The Balaban J connectivity index is 1.52. The number of piperidine rings is 1. The van der Waals surface area contributed by atoms with Gasteiger partial charge in [-0.1, -0.05) is 12.8 Å². The highest BCUT2D eigenvalue weighted by molar-refractivity contribution is 5.85. The minimum absolute atomic E-state index is 0.236. The average molecular weight is 341 g/mol. The Morgan fingerprint density at radius 2 is 1.76 bits per heavy atom. The predicted molar refractivity (Wildman–Crippen MR) is 95.0 cm³/mol. The van der Waals surface area contributed by atoms with Crippen molar-refractivity contribution in [1.82, 2.24) is 4.90 Å². The molecule has 5 atom stereocenters. The summed E-state index contributed by atoms with van der Waals surface area (Å²) in [4.78, 5) is 15.6. The number of carbonyl (C=O) groups is 1. The van der Waals surface area contributed by atoms with Gasteiger partial charge in [0.05, 0.1) is 14.2 Å². The van der Waals surface area contributed by atoms with Crippen molar-refractivity contribution in [2.75, 3.05) is 20.8 Å². The van der Waals surface area contributed by atoms with E-state index in [1.54, 1.807) is 14.2 Å². The maximum absolute atomic E-state index is 13.0. The third-order valence-corrected chi connectivity index (χ3v) is 7.34. The maximum atomic E-state index is 13.0. The molecule has 5 rings (SSSR count). The number of fused-ring (bicyclic) bond motifs is 8. The predicted octanol–water partition coefficient (Wildman–Crippen LogP) is 3.38. The van der Waals surface area contributed by atoms with E-state index in [1.165, 1.54) is 36.8 Å². The number of ketones is 1. The van der Waals surface area contributed by atoms with Gasteiger partial charge in [0.2, 0.25) is 0 Å². The maximum Gasteiger partial charge on any atom is 0.161 e. The Labute approximate surface area is 149 Å². The van der Waals surface area contributed by atoms with Gasteiger partial charge in [0.25, 0.3) is 0 Å². The van der Waals surface area contributed by atoms with E-state index >= 15 is 0 Å². The Morgan fingerprint density at radius 3 is 2.52 bits per heavy atom. The normalized spacial score (nSPS) is 36.4. The molecule has 3 fully saturated rings. The van der Waals surface area contributed by atoms with Crippen LogP contribution in [0.3, 0.4) is 0 Å². The fourth-order valence-corrected chi connectivity index (χ4v) is 6.27. The molecule has 1 aromatic carbocycles. The van der Waals surface area contributed by atoms with Gasteiger partial charge in [-0.15, -0.1) is 0 Å².